The van der Waals surface area contributed by atoms with Crippen LogP contribution >= 0.6 is 0 Å². The Kier molecular flexibility index (Phi) is 5.51. The summed E-state index contributed by atoms with van der Waals surface area (Å²) in [5.41, 5.74) is 0.881. The van der Waals surface area contributed by atoms with Gasteiger partial charge in [0.2, 0.25) is 0 Å². The number of nitrogens with one attached hydrogen (secondary N) is 1. The summed E-state index contributed by atoms with van der Waals surface area (Å²) in [6.45, 7) is 2.06. The van der Waals surface area contributed by atoms with Crippen molar-refractivity contribution >= 4 is 28.9 Å². The van der Waals surface area contributed by atoms with E-state index in [-0.39, 0.29) is 17.2 Å². The molecule has 2 heterocycles. The molecule has 1 amide bonds. The van der Waals surface area contributed by atoms with E-state index in [1.165, 1.54) is 12.1 Å². The topological polar surface area (TPSA) is 104 Å². The van der Waals surface area contributed by atoms with Crippen molar-refractivity contribution in [3.63, 3.8) is 0 Å². The SMILES string of the molecule is O=C(c1ccccc1[N+](=O)[O-])N1CCN(c2ccc(Nc3ccccc3)nn2)CC1. The summed E-state index contributed by atoms with van der Waals surface area (Å²) in [7, 11) is 0. The number of piperazine rings is 1. The van der Waals surface area contributed by atoms with Crippen LogP contribution in [0, 0.1) is 10.1 Å². The molecule has 0 saturated carbocycles. The molecule has 3 aromatic rings. The van der Waals surface area contributed by atoms with Gasteiger partial charge in [0.1, 0.15) is 5.56 Å². The number of anilines is 3. The van der Waals surface area contributed by atoms with Gasteiger partial charge >= 0.3 is 0 Å². The van der Waals surface area contributed by atoms with E-state index in [9.17, 15) is 14.9 Å². The van der Waals surface area contributed by atoms with E-state index in [4.69, 9.17) is 0 Å². The van der Waals surface area contributed by atoms with Crippen LogP contribution in [-0.2, 0) is 0 Å². The molecule has 4 rings (SSSR count). The number of nitro benzene ring substituents is 1. The van der Waals surface area contributed by atoms with Gasteiger partial charge in [0.05, 0.1) is 4.92 Å². The third kappa shape index (κ3) is 4.19. The first-order valence-electron chi connectivity index (χ1n) is 9.55. The Labute approximate surface area is 173 Å². The highest BCUT2D eigenvalue weighted by atomic mass is 16.6. The average Bonchev–Trinajstić information content (AvgIpc) is 2.80. The number of rotatable bonds is 5. The third-order valence-corrected chi connectivity index (χ3v) is 4.92. The van der Waals surface area contributed by atoms with Gasteiger partial charge in [-0.1, -0.05) is 30.3 Å². The first kappa shape index (κ1) is 19.3. The number of amides is 1. The molecule has 2 aromatic carbocycles. The number of para-hydroxylation sites is 2. The maximum absolute atomic E-state index is 12.8. The Morgan fingerprint density at radius 2 is 1.60 bits per heavy atom. The van der Waals surface area contributed by atoms with Crippen molar-refractivity contribution in [2.45, 2.75) is 0 Å². The fourth-order valence-electron chi connectivity index (χ4n) is 3.35. The molecule has 1 aliphatic rings. The van der Waals surface area contributed by atoms with Gasteiger partial charge in [0.15, 0.2) is 11.6 Å². The van der Waals surface area contributed by atoms with Crippen LogP contribution in [0.25, 0.3) is 0 Å². The van der Waals surface area contributed by atoms with Gasteiger partial charge in [-0.2, -0.15) is 0 Å². The smallest absolute Gasteiger partial charge is 0.282 e. The zero-order valence-electron chi connectivity index (χ0n) is 16.1. The molecule has 1 aromatic heterocycles. The van der Waals surface area contributed by atoms with Gasteiger partial charge in [-0.25, -0.2) is 0 Å². The highest BCUT2D eigenvalue weighted by Gasteiger charge is 2.27. The molecule has 0 unspecified atom stereocenters. The van der Waals surface area contributed by atoms with E-state index in [1.54, 1.807) is 17.0 Å². The monoisotopic (exact) mass is 404 g/mol. The molecule has 1 aliphatic heterocycles. The van der Waals surface area contributed by atoms with E-state index < -0.39 is 4.92 Å². The molecular formula is C21H20N6O3. The standard InChI is InChI=1S/C21H20N6O3/c28-21(17-8-4-5-9-18(17)27(29)30)26-14-12-25(13-15-26)20-11-10-19(23-24-20)22-16-6-2-1-3-7-16/h1-11H,12-15H2,(H,22,23). The highest BCUT2D eigenvalue weighted by Crippen LogP contribution is 2.22. The van der Waals surface area contributed by atoms with E-state index in [0.29, 0.717) is 32.0 Å². The van der Waals surface area contributed by atoms with Crippen LogP contribution in [0.4, 0.5) is 23.0 Å². The van der Waals surface area contributed by atoms with E-state index >= 15 is 0 Å². The number of benzene rings is 2. The van der Waals surface area contributed by atoms with Crippen molar-refractivity contribution in [3.8, 4) is 0 Å². The first-order valence-corrected chi connectivity index (χ1v) is 9.55. The summed E-state index contributed by atoms with van der Waals surface area (Å²) in [6, 6.07) is 19.5. The quantitative estimate of drug-likeness (QED) is 0.515. The predicted octanol–water partition coefficient (Wildman–Crippen LogP) is 3.09. The third-order valence-electron chi connectivity index (χ3n) is 4.92. The summed E-state index contributed by atoms with van der Waals surface area (Å²) in [5.74, 6) is 1.05. The predicted molar refractivity (Wildman–Crippen MR) is 113 cm³/mol. The van der Waals surface area contributed by atoms with Crippen molar-refractivity contribution in [1.82, 2.24) is 15.1 Å². The largest absolute Gasteiger partial charge is 0.352 e. The Balaban J connectivity index is 1.38. The van der Waals surface area contributed by atoms with Gasteiger partial charge in [0, 0.05) is 37.9 Å². The van der Waals surface area contributed by atoms with Gasteiger partial charge in [-0.05, 0) is 30.3 Å². The molecule has 0 spiro atoms. The Morgan fingerprint density at radius 1 is 0.900 bits per heavy atom. The fraction of sp³-hybridized carbons (Fsp3) is 0.190. The lowest BCUT2D eigenvalue weighted by atomic mass is 10.1. The minimum Gasteiger partial charge on any atom is -0.352 e. The van der Waals surface area contributed by atoms with Crippen LogP contribution in [0.3, 0.4) is 0 Å². The normalized spacial score (nSPS) is 13.7. The van der Waals surface area contributed by atoms with Crippen LogP contribution < -0.4 is 10.2 Å². The van der Waals surface area contributed by atoms with Crippen LogP contribution in [0.15, 0.2) is 66.7 Å². The van der Waals surface area contributed by atoms with Crippen LogP contribution in [0.2, 0.25) is 0 Å². The Hall–Kier alpha value is -4.01. The lowest BCUT2D eigenvalue weighted by Crippen LogP contribution is -2.49. The van der Waals surface area contributed by atoms with Crippen molar-refractivity contribution in [3.05, 3.63) is 82.4 Å². The number of nitrogens with zero attached hydrogens (tertiary/aromatic N) is 5. The molecule has 152 valence electrons. The molecule has 9 nitrogen and oxygen atoms in total. The summed E-state index contributed by atoms with van der Waals surface area (Å²) in [4.78, 5) is 27.1. The second-order valence-corrected chi connectivity index (χ2v) is 6.82. The molecule has 30 heavy (non-hydrogen) atoms. The van der Waals surface area contributed by atoms with E-state index in [2.05, 4.69) is 15.5 Å². The number of carbonyl (C=O) groups excluding carboxylic acids is 1. The lowest BCUT2D eigenvalue weighted by molar-refractivity contribution is -0.385. The van der Waals surface area contributed by atoms with Gasteiger partial charge in [-0.3, -0.25) is 14.9 Å². The Morgan fingerprint density at radius 3 is 2.27 bits per heavy atom. The van der Waals surface area contributed by atoms with Crippen LogP contribution in [-0.4, -0.2) is 52.1 Å². The molecule has 9 heteroatoms. The number of carbonyl (C=O) groups is 1. The van der Waals surface area contributed by atoms with Crippen molar-refractivity contribution in [2.75, 3.05) is 36.4 Å². The van der Waals surface area contributed by atoms with E-state index in [1.807, 2.05) is 47.4 Å². The van der Waals surface area contributed by atoms with Crippen molar-refractivity contribution in [1.29, 1.82) is 0 Å². The van der Waals surface area contributed by atoms with Gasteiger partial charge in [-0.15, -0.1) is 10.2 Å². The number of aromatic nitrogens is 2. The highest BCUT2D eigenvalue weighted by molar-refractivity contribution is 5.98. The first-order chi connectivity index (χ1) is 14.6. The zero-order valence-corrected chi connectivity index (χ0v) is 16.1. The van der Waals surface area contributed by atoms with Gasteiger partial charge in [0.25, 0.3) is 11.6 Å². The molecule has 0 radical (unpaired) electrons. The summed E-state index contributed by atoms with van der Waals surface area (Å²) in [5, 5.41) is 22.9. The van der Waals surface area contributed by atoms with Crippen molar-refractivity contribution < 1.29 is 9.72 Å². The number of hydrogen-bond acceptors (Lipinski definition) is 7. The second kappa shape index (κ2) is 8.56. The molecule has 0 bridgehead atoms. The summed E-state index contributed by atoms with van der Waals surface area (Å²) < 4.78 is 0. The summed E-state index contributed by atoms with van der Waals surface area (Å²) in [6.07, 6.45) is 0. The van der Waals surface area contributed by atoms with Crippen molar-refractivity contribution in [2.24, 2.45) is 0 Å². The minimum atomic E-state index is -0.524. The van der Waals surface area contributed by atoms with Crippen LogP contribution in [0.1, 0.15) is 10.4 Å². The molecule has 1 N–H and O–H groups in total. The molecule has 0 aliphatic carbocycles. The summed E-state index contributed by atoms with van der Waals surface area (Å²) >= 11 is 0. The second-order valence-electron chi connectivity index (χ2n) is 6.82. The average molecular weight is 404 g/mol. The zero-order chi connectivity index (χ0) is 20.9. The van der Waals surface area contributed by atoms with Gasteiger partial charge < -0.3 is 15.1 Å². The van der Waals surface area contributed by atoms with E-state index in [0.717, 1.165) is 11.5 Å². The number of nitro groups is 1. The fourth-order valence-corrected chi connectivity index (χ4v) is 3.35. The number of hydrogen-bond donors (Lipinski definition) is 1. The molecular weight excluding hydrogens is 384 g/mol. The molecule has 0 atom stereocenters. The maximum atomic E-state index is 12.8. The Bertz CT molecular complexity index is 1030. The molecule has 1 saturated heterocycles. The molecule has 1 fully saturated rings. The maximum Gasteiger partial charge on any atom is 0.282 e. The minimum absolute atomic E-state index is 0.118. The van der Waals surface area contributed by atoms with Crippen LogP contribution in [0.5, 0.6) is 0 Å². The lowest BCUT2D eigenvalue weighted by Gasteiger charge is -2.35.